The fraction of sp³-hybridized carbons (Fsp3) is 0.625. The molecule has 1 atom stereocenters. The molecule has 11 heavy (non-hydrogen) atoms. The largest absolute Gasteiger partial charge is 0.447 e. The Morgan fingerprint density at radius 1 is 1.36 bits per heavy atom. The van der Waals surface area contributed by atoms with E-state index in [-0.39, 0.29) is 11.2 Å². The van der Waals surface area contributed by atoms with E-state index in [2.05, 4.69) is 6.58 Å². The minimum absolute atomic E-state index is 0.102. The minimum atomic E-state index is -0.484. The van der Waals surface area contributed by atoms with Crippen LogP contribution in [0.15, 0.2) is 12.3 Å². The van der Waals surface area contributed by atoms with Crippen LogP contribution < -0.4 is 0 Å². The van der Waals surface area contributed by atoms with Crippen LogP contribution in [0.25, 0.3) is 0 Å². The Morgan fingerprint density at radius 2 is 1.91 bits per heavy atom. The summed E-state index contributed by atoms with van der Waals surface area (Å²) in [5.41, 5.74) is -0.185. The van der Waals surface area contributed by atoms with Gasteiger partial charge in [0.2, 0.25) is 12.0 Å². The molecule has 0 aromatic rings. The van der Waals surface area contributed by atoms with Crippen molar-refractivity contribution in [2.24, 2.45) is 5.41 Å². The van der Waals surface area contributed by atoms with Crippen molar-refractivity contribution in [3.05, 3.63) is 12.3 Å². The third-order valence-corrected chi connectivity index (χ3v) is 1.40. The molecule has 0 saturated carbocycles. The number of cyclic esters (lactones) is 1. The number of rotatable bonds is 0. The molecule has 0 aromatic heterocycles. The summed E-state index contributed by atoms with van der Waals surface area (Å²) in [5, 5.41) is 0. The number of carbonyl (C=O) groups excluding carboxylic acids is 1. The topological polar surface area (TPSA) is 35.5 Å². The molecular formula is C8H12O3. The molecule has 0 aliphatic carbocycles. The molecular weight excluding hydrogens is 144 g/mol. The average Bonchev–Trinajstić information content (AvgIpc) is 2.11. The first kappa shape index (κ1) is 8.11. The standard InChI is InChI=1S/C8H12O3/c1-5-6(9)11-7(10-5)8(2,3)4/h7H,1H2,2-4H3. The van der Waals surface area contributed by atoms with Gasteiger partial charge in [-0.05, 0) is 6.58 Å². The second-order valence-electron chi connectivity index (χ2n) is 3.64. The van der Waals surface area contributed by atoms with Crippen LogP contribution in [-0.4, -0.2) is 12.3 Å². The second-order valence-corrected chi connectivity index (χ2v) is 3.64. The molecule has 0 radical (unpaired) electrons. The Hall–Kier alpha value is -0.990. The number of hydrogen-bond donors (Lipinski definition) is 0. The van der Waals surface area contributed by atoms with E-state index < -0.39 is 12.3 Å². The van der Waals surface area contributed by atoms with Gasteiger partial charge in [-0.3, -0.25) is 0 Å². The summed E-state index contributed by atoms with van der Waals surface area (Å²) in [6.07, 6.45) is -0.484. The van der Waals surface area contributed by atoms with Gasteiger partial charge in [0.15, 0.2) is 0 Å². The highest BCUT2D eigenvalue weighted by Gasteiger charge is 2.37. The summed E-state index contributed by atoms with van der Waals surface area (Å²) >= 11 is 0. The lowest BCUT2D eigenvalue weighted by molar-refractivity contribution is -0.154. The monoisotopic (exact) mass is 156 g/mol. The molecule has 3 heteroatoms. The zero-order chi connectivity index (χ0) is 8.65. The third-order valence-electron chi connectivity index (χ3n) is 1.40. The maximum absolute atomic E-state index is 10.8. The number of ether oxygens (including phenoxy) is 2. The first-order valence-corrected chi connectivity index (χ1v) is 3.48. The first-order valence-electron chi connectivity index (χ1n) is 3.48. The molecule has 1 fully saturated rings. The van der Waals surface area contributed by atoms with Gasteiger partial charge in [0.25, 0.3) is 0 Å². The molecule has 1 unspecified atom stereocenters. The van der Waals surface area contributed by atoms with E-state index in [0.29, 0.717) is 0 Å². The average molecular weight is 156 g/mol. The van der Waals surface area contributed by atoms with Crippen LogP contribution in [0.3, 0.4) is 0 Å². The molecule has 3 nitrogen and oxygen atoms in total. The fourth-order valence-electron chi connectivity index (χ4n) is 0.718. The van der Waals surface area contributed by atoms with Gasteiger partial charge in [0.1, 0.15) is 0 Å². The molecule has 0 amide bonds. The van der Waals surface area contributed by atoms with E-state index in [1.807, 2.05) is 20.8 Å². The molecule has 1 heterocycles. The maximum Gasteiger partial charge on any atom is 0.376 e. The molecule has 1 aliphatic heterocycles. The van der Waals surface area contributed by atoms with Gasteiger partial charge in [-0.15, -0.1) is 0 Å². The summed E-state index contributed by atoms with van der Waals surface area (Å²) in [6, 6.07) is 0. The van der Waals surface area contributed by atoms with Crippen molar-refractivity contribution < 1.29 is 14.3 Å². The van der Waals surface area contributed by atoms with Gasteiger partial charge in [0, 0.05) is 5.41 Å². The van der Waals surface area contributed by atoms with E-state index >= 15 is 0 Å². The lowest BCUT2D eigenvalue weighted by atomic mass is 9.96. The Labute approximate surface area is 66.0 Å². The van der Waals surface area contributed by atoms with Crippen LogP contribution in [0, 0.1) is 5.41 Å². The van der Waals surface area contributed by atoms with Crippen LogP contribution in [0.1, 0.15) is 20.8 Å². The van der Waals surface area contributed by atoms with Crippen LogP contribution in [0.5, 0.6) is 0 Å². The van der Waals surface area contributed by atoms with Crippen molar-refractivity contribution in [1.29, 1.82) is 0 Å². The maximum atomic E-state index is 10.8. The normalized spacial score (nSPS) is 24.8. The van der Waals surface area contributed by atoms with Gasteiger partial charge in [0.05, 0.1) is 0 Å². The quantitative estimate of drug-likeness (QED) is 0.393. The van der Waals surface area contributed by atoms with Gasteiger partial charge < -0.3 is 9.47 Å². The fourth-order valence-corrected chi connectivity index (χ4v) is 0.718. The van der Waals surface area contributed by atoms with E-state index in [0.717, 1.165) is 0 Å². The van der Waals surface area contributed by atoms with Crippen LogP contribution >= 0.6 is 0 Å². The van der Waals surface area contributed by atoms with Crippen LogP contribution in [0.2, 0.25) is 0 Å². The summed E-state index contributed by atoms with van der Waals surface area (Å²) in [4.78, 5) is 10.8. The number of hydrogen-bond acceptors (Lipinski definition) is 3. The predicted molar refractivity (Wildman–Crippen MR) is 39.6 cm³/mol. The highest BCUT2D eigenvalue weighted by atomic mass is 16.7. The molecule has 62 valence electrons. The number of esters is 1. The smallest absolute Gasteiger partial charge is 0.376 e. The zero-order valence-electron chi connectivity index (χ0n) is 7.01. The van der Waals surface area contributed by atoms with E-state index in [1.54, 1.807) is 0 Å². The van der Waals surface area contributed by atoms with Crippen molar-refractivity contribution >= 4 is 5.97 Å². The van der Waals surface area contributed by atoms with Gasteiger partial charge in [-0.1, -0.05) is 20.8 Å². The molecule has 0 N–H and O–H groups in total. The van der Waals surface area contributed by atoms with Gasteiger partial charge >= 0.3 is 5.97 Å². The Morgan fingerprint density at radius 3 is 2.09 bits per heavy atom. The lowest BCUT2D eigenvalue weighted by Gasteiger charge is -2.23. The minimum Gasteiger partial charge on any atom is -0.447 e. The van der Waals surface area contributed by atoms with Crippen molar-refractivity contribution in [1.82, 2.24) is 0 Å². The predicted octanol–water partition coefficient (Wildman–Crippen LogP) is 1.45. The highest BCUT2D eigenvalue weighted by Crippen LogP contribution is 2.30. The summed E-state index contributed by atoms with van der Waals surface area (Å²) in [6.45, 7) is 9.20. The molecule has 0 spiro atoms. The highest BCUT2D eigenvalue weighted by molar-refractivity contribution is 5.87. The Balaban J connectivity index is 2.68. The molecule has 0 bridgehead atoms. The van der Waals surface area contributed by atoms with Crippen molar-refractivity contribution in [3.8, 4) is 0 Å². The van der Waals surface area contributed by atoms with E-state index in [9.17, 15) is 4.79 Å². The van der Waals surface area contributed by atoms with E-state index in [4.69, 9.17) is 9.47 Å². The number of carbonyl (C=O) groups is 1. The third kappa shape index (κ3) is 1.53. The summed E-state index contributed by atoms with van der Waals surface area (Å²) in [7, 11) is 0. The van der Waals surface area contributed by atoms with Crippen LogP contribution in [0.4, 0.5) is 0 Å². The Bertz CT molecular complexity index is 184. The van der Waals surface area contributed by atoms with E-state index in [1.165, 1.54) is 0 Å². The lowest BCUT2D eigenvalue weighted by Crippen LogP contribution is -2.26. The molecule has 1 aliphatic rings. The second kappa shape index (κ2) is 2.26. The van der Waals surface area contributed by atoms with Crippen molar-refractivity contribution in [2.45, 2.75) is 27.1 Å². The van der Waals surface area contributed by atoms with Crippen molar-refractivity contribution in [3.63, 3.8) is 0 Å². The zero-order valence-corrected chi connectivity index (χ0v) is 7.01. The first-order chi connectivity index (χ1) is 4.91. The molecule has 1 rings (SSSR count). The molecule has 0 aromatic carbocycles. The van der Waals surface area contributed by atoms with Crippen LogP contribution in [-0.2, 0) is 14.3 Å². The van der Waals surface area contributed by atoms with Gasteiger partial charge in [-0.25, -0.2) is 4.79 Å². The summed E-state index contributed by atoms with van der Waals surface area (Å²) in [5.74, 6) is -0.352. The molecule has 1 saturated heterocycles. The van der Waals surface area contributed by atoms with Crippen molar-refractivity contribution in [2.75, 3.05) is 0 Å². The Kier molecular flexibility index (Phi) is 1.66. The summed E-state index contributed by atoms with van der Waals surface area (Å²) < 4.78 is 9.95. The SMILES string of the molecule is C=C1OC(C(C)(C)C)OC1=O. The van der Waals surface area contributed by atoms with Gasteiger partial charge in [-0.2, -0.15) is 0 Å².